The van der Waals surface area contributed by atoms with Gasteiger partial charge in [-0.15, -0.1) is 0 Å². The van der Waals surface area contributed by atoms with E-state index in [1.807, 2.05) is 0 Å². The largest absolute Gasteiger partial charge is 0.474 e. The first-order valence-electron chi connectivity index (χ1n) is 7.42. The second kappa shape index (κ2) is 5.45. The number of aromatic nitrogens is 2. The molecule has 1 saturated carbocycles. The van der Waals surface area contributed by atoms with E-state index in [1.165, 1.54) is 12.0 Å². The lowest BCUT2D eigenvalue weighted by Gasteiger charge is -2.32. The highest BCUT2D eigenvalue weighted by atomic mass is 16.5. The fourth-order valence-corrected chi connectivity index (χ4v) is 3.47. The molecule has 2 atom stereocenters. The summed E-state index contributed by atoms with van der Waals surface area (Å²) in [6.45, 7) is 6.48. The van der Waals surface area contributed by atoms with Crippen molar-refractivity contribution in [1.29, 1.82) is 0 Å². The quantitative estimate of drug-likeness (QED) is 0.887. The minimum absolute atomic E-state index is 0.319. The first-order valence-corrected chi connectivity index (χ1v) is 7.42. The molecule has 0 radical (unpaired) electrons. The number of rotatable bonds is 2. The molecule has 0 bridgehead atoms. The van der Waals surface area contributed by atoms with Gasteiger partial charge in [0.1, 0.15) is 12.4 Å². The van der Waals surface area contributed by atoms with Crippen molar-refractivity contribution >= 4 is 0 Å². The smallest absolute Gasteiger partial charge is 0.221 e. The maximum absolute atomic E-state index is 6.20. The Morgan fingerprint density at radius 3 is 2.74 bits per heavy atom. The van der Waals surface area contributed by atoms with Gasteiger partial charge in [-0.2, -0.15) is 0 Å². The third-order valence-corrected chi connectivity index (χ3v) is 4.25. The van der Waals surface area contributed by atoms with Crippen molar-refractivity contribution in [3.05, 3.63) is 17.6 Å². The molecule has 2 aliphatic rings. The summed E-state index contributed by atoms with van der Waals surface area (Å²) in [5, 5.41) is 3.38. The molecule has 19 heavy (non-hydrogen) atoms. The maximum atomic E-state index is 6.20. The molecule has 1 aliphatic heterocycles. The standard InChI is InChI=1S/C15H23N3O/c1-10-5-11(2)7-12(6-10)19-15-13-8-16-4-3-14(13)17-9-18-15/h9-12,16H,3-8H2,1-2H3. The lowest BCUT2D eigenvalue weighted by Crippen LogP contribution is -2.31. The number of ether oxygens (including phenoxy) is 1. The molecule has 1 aliphatic carbocycles. The van der Waals surface area contributed by atoms with Crippen LogP contribution in [0.2, 0.25) is 0 Å². The SMILES string of the molecule is CC1CC(C)CC(Oc2ncnc3c2CNCC3)C1. The van der Waals surface area contributed by atoms with Crippen LogP contribution in [0.15, 0.2) is 6.33 Å². The van der Waals surface area contributed by atoms with E-state index in [9.17, 15) is 0 Å². The zero-order valence-electron chi connectivity index (χ0n) is 11.9. The Morgan fingerprint density at radius 1 is 1.16 bits per heavy atom. The van der Waals surface area contributed by atoms with Gasteiger partial charge >= 0.3 is 0 Å². The summed E-state index contributed by atoms with van der Waals surface area (Å²) in [7, 11) is 0. The van der Waals surface area contributed by atoms with E-state index in [2.05, 4.69) is 29.1 Å². The van der Waals surface area contributed by atoms with Crippen LogP contribution in [0.5, 0.6) is 5.88 Å². The number of hydrogen-bond donors (Lipinski definition) is 1. The van der Waals surface area contributed by atoms with Crippen molar-refractivity contribution in [3.8, 4) is 5.88 Å². The predicted octanol–water partition coefficient (Wildman–Crippen LogP) is 2.33. The summed E-state index contributed by atoms with van der Waals surface area (Å²) in [6.07, 6.45) is 6.57. The molecule has 3 rings (SSSR count). The first-order chi connectivity index (χ1) is 9.22. The summed E-state index contributed by atoms with van der Waals surface area (Å²) < 4.78 is 6.20. The Hall–Kier alpha value is -1.16. The fourth-order valence-electron chi connectivity index (χ4n) is 3.47. The summed E-state index contributed by atoms with van der Waals surface area (Å²) >= 11 is 0. The third-order valence-electron chi connectivity index (χ3n) is 4.25. The second-order valence-corrected chi connectivity index (χ2v) is 6.19. The van der Waals surface area contributed by atoms with Crippen LogP contribution in [-0.4, -0.2) is 22.6 Å². The number of hydrogen-bond acceptors (Lipinski definition) is 4. The Labute approximate surface area is 115 Å². The van der Waals surface area contributed by atoms with E-state index >= 15 is 0 Å². The lowest BCUT2D eigenvalue weighted by molar-refractivity contribution is 0.0950. The molecule has 1 aromatic rings. The number of nitrogens with zero attached hydrogens (tertiary/aromatic N) is 2. The summed E-state index contributed by atoms with van der Waals surface area (Å²) in [6, 6.07) is 0. The molecule has 0 saturated heterocycles. The van der Waals surface area contributed by atoms with Gasteiger partial charge in [0.05, 0.1) is 5.69 Å². The summed E-state index contributed by atoms with van der Waals surface area (Å²) in [5.41, 5.74) is 2.32. The van der Waals surface area contributed by atoms with Gasteiger partial charge in [-0.25, -0.2) is 9.97 Å². The van der Waals surface area contributed by atoms with Crippen LogP contribution in [0.25, 0.3) is 0 Å². The monoisotopic (exact) mass is 261 g/mol. The van der Waals surface area contributed by atoms with E-state index in [-0.39, 0.29) is 0 Å². The van der Waals surface area contributed by atoms with Crippen molar-refractivity contribution in [3.63, 3.8) is 0 Å². The average molecular weight is 261 g/mol. The number of fused-ring (bicyclic) bond motifs is 1. The Morgan fingerprint density at radius 2 is 1.95 bits per heavy atom. The Bertz CT molecular complexity index is 439. The lowest BCUT2D eigenvalue weighted by atomic mass is 9.82. The molecule has 1 N–H and O–H groups in total. The molecule has 2 unspecified atom stereocenters. The minimum atomic E-state index is 0.319. The van der Waals surface area contributed by atoms with Crippen molar-refractivity contribution in [2.45, 2.75) is 52.2 Å². The van der Waals surface area contributed by atoms with Crippen molar-refractivity contribution < 1.29 is 4.74 Å². The summed E-state index contributed by atoms with van der Waals surface area (Å²) in [5.74, 6) is 2.32. The van der Waals surface area contributed by atoms with Crippen LogP contribution in [0.1, 0.15) is 44.4 Å². The zero-order valence-corrected chi connectivity index (χ0v) is 11.9. The van der Waals surface area contributed by atoms with Gasteiger partial charge in [-0.1, -0.05) is 13.8 Å². The molecule has 1 aromatic heterocycles. The first kappa shape index (κ1) is 12.9. The van der Waals surface area contributed by atoms with Crippen LogP contribution < -0.4 is 10.1 Å². The second-order valence-electron chi connectivity index (χ2n) is 6.19. The van der Waals surface area contributed by atoms with Gasteiger partial charge < -0.3 is 10.1 Å². The van der Waals surface area contributed by atoms with Crippen LogP contribution in [0.3, 0.4) is 0 Å². The fraction of sp³-hybridized carbons (Fsp3) is 0.733. The van der Waals surface area contributed by atoms with E-state index < -0.39 is 0 Å². The topological polar surface area (TPSA) is 47.0 Å². The van der Waals surface area contributed by atoms with Crippen LogP contribution in [-0.2, 0) is 13.0 Å². The van der Waals surface area contributed by atoms with E-state index in [1.54, 1.807) is 6.33 Å². The molecule has 4 heteroatoms. The Balaban J connectivity index is 1.76. The van der Waals surface area contributed by atoms with Crippen molar-refractivity contribution in [2.75, 3.05) is 6.54 Å². The molecule has 104 valence electrons. The van der Waals surface area contributed by atoms with E-state index in [0.717, 1.165) is 55.8 Å². The molecular formula is C15H23N3O. The van der Waals surface area contributed by atoms with Gasteiger partial charge in [0.25, 0.3) is 0 Å². The molecule has 4 nitrogen and oxygen atoms in total. The normalized spacial score (nSPS) is 30.7. The van der Waals surface area contributed by atoms with Crippen molar-refractivity contribution in [1.82, 2.24) is 15.3 Å². The van der Waals surface area contributed by atoms with Gasteiger partial charge in [-0.3, -0.25) is 0 Å². The van der Waals surface area contributed by atoms with Gasteiger partial charge in [0, 0.05) is 25.1 Å². The van der Waals surface area contributed by atoms with Crippen LogP contribution in [0.4, 0.5) is 0 Å². The minimum Gasteiger partial charge on any atom is -0.474 e. The van der Waals surface area contributed by atoms with Crippen molar-refractivity contribution in [2.24, 2.45) is 11.8 Å². The molecule has 0 spiro atoms. The average Bonchev–Trinajstić information content (AvgIpc) is 2.38. The molecule has 2 heterocycles. The summed E-state index contributed by atoms with van der Waals surface area (Å²) in [4.78, 5) is 8.73. The highest BCUT2D eigenvalue weighted by molar-refractivity contribution is 5.31. The Kier molecular flexibility index (Phi) is 3.69. The number of nitrogens with one attached hydrogen (secondary N) is 1. The maximum Gasteiger partial charge on any atom is 0.221 e. The zero-order chi connectivity index (χ0) is 13.2. The van der Waals surface area contributed by atoms with E-state index in [0.29, 0.717) is 6.10 Å². The highest BCUT2D eigenvalue weighted by Gasteiger charge is 2.27. The molecule has 0 amide bonds. The van der Waals surface area contributed by atoms with Crippen LogP contribution in [0, 0.1) is 11.8 Å². The molecule has 1 fully saturated rings. The predicted molar refractivity (Wildman–Crippen MR) is 74.0 cm³/mol. The highest BCUT2D eigenvalue weighted by Crippen LogP contribution is 2.32. The van der Waals surface area contributed by atoms with Crippen LogP contribution >= 0.6 is 0 Å². The molecular weight excluding hydrogens is 238 g/mol. The molecule has 0 aromatic carbocycles. The van der Waals surface area contributed by atoms with Gasteiger partial charge in [-0.05, 0) is 31.1 Å². The van der Waals surface area contributed by atoms with Gasteiger partial charge in [0.2, 0.25) is 5.88 Å². The van der Waals surface area contributed by atoms with Gasteiger partial charge in [0.15, 0.2) is 0 Å². The van der Waals surface area contributed by atoms with E-state index in [4.69, 9.17) is 4.74 Å². The third kappa shape index (κ3) is 2.89.